The fourth-order valence-corrected chi connectivity index (χ4v) is 2.67. The molecule has 0 spiro atoms. The lowest BCUT2D eigenvalue weighted by Gasteiger charge is -2.23. The van der Waals surface area contributed by atoms with Crippen LogP contribution in [-0.2, 0) is 6.54 Å². The predicted molar refractivity (Wildman–Crippen MR) is 98.9 cm³/mol. The molecule has 1 atom stereocenters. The van der Waals surface area contributed by atoms with E-state index in [9.17, 15) is 9.18 Å². The number of hydrogen-bond donors (Lipinski definition) is 2. The minimum absolute atomic E-state index is 0.160. The zero-order valence-corrected chi connectivity index (χ0v) is 15.5. The molecule has 0 saturated heterocycles. The van der Waals surface area contributed by atoms with Crippen molar-refractivity contribution in [1.82, 2.24) is 10.6 Å². The van der Waals surface area contributed by atoms with Crippen molar-refractivity contribution in [2.75, 3.05) is 14.2 Å². The molecule has 2 aromatic rings. The maximum absolute atomic E-state index is 13.1. The van der Waals surface area contributed by atoms with E-state index in [2.05, 4.69) is 10.6 Å². The topological polar surface area (TPSA) is 59.6 Å². The van der Waals surface area contributed by atoms with E-state index in [1.807, 2.05) is 26.0 Å². The van der Waals surface area contributed by atoms with Gasteiger partial charge in [0.25, 0.3) is 0 Å². The van der Waals surface area contributed by atoms with E-state index in [0.717, 1.165) is 11.1 Å². The van der Waals surface area contributed by atoms with Crippen LogP contribution >= 0.6 is 0 Å². The fraction of sp³-hybridized carbons (Fsp3) is 0.350. The number of carbonyl (C=O) groups is 1. The van der Waals surface area contributed by atoms with Crippen molar-refractivity contribution in [1.29, 1.82) is 0 Å². The molecule has 2 aromatic carbocycles. The first-order valence-electron chi connectivity index (χ1n) is 8.45. The highest BCUT2D eigenvalue weighted by molar-refractivity contribution is 5.74. The van der Waals surface area contributed by atoms with Gasteiger partial charge in [-0.3, -0.25) is 0 Å². The second-order valence-corrected chi connectivity index (χ2v) is 6.29. The lowest BCUT2D eigenvalue weighted by atomic mass is 9.96. The Morgan fingerprint density at radius 3 is 2.27 bits per heavy atom. The molecule has 2 amide bonds. The van der Waals surface area contributed by atoms with Crippen LogP contribution in [0.5, 0.6) is 11.5 Å². The number of amides is 2. The van der Waals surface area contributed by atoms with Gasteiger partial charge in [-0.25, -0.2) is 9.18 Å². The molecule has 0 aliphatic rings. The summed E-state index contributed by atoms with van der Waals surface area (Å²) in [5.74, 6) is 1.11. The highest BCUT2D eigenvalue weighted by Crippen LogP contribution is 2.27. The van der Waals surface area contributed by atoms with E-state index >= 15 is 0 Å². The first-order chi connectivity index (χ1) is 12.4. The molecule has 0 bridgehead atoms. The van der Waals surface area contributed by atoms with E-state index in [0.29, 0.717) is 18.0 Å². The van der Waals surface area contributed by atoms with Crippen LogP contribution in [0, 0.1) is 11.7 Å². The van der Waals surface area contributed by atoms with Crippen LogP contribution in [0.3, 0.4) is 0 Å². The third-order valence-corrected chi connectivity index (χ3v) is 4.08. The maximum atomic E-state index is 13.1. The third-order valence-electron chi connectivity index (χ3n) is 4.08. The summed E-state index contributed by atoms with van der Waals surface area (Å²) < 4.78 is 23.6. The molecule has 0 aromatic heterocycles. The molecular formula is C20H25FN2O3. The number of rotatable bonds is 7. The van der Waals surface area contributed by atoms with E-state index in [-0.39, 0.29) is 23.8 Å². The van der Waals surface area contributed by atoms with Gasteiger partial charge in [-0.05, 0) is 41.3 Å². The summed E-state index contributed by atoms with van der Waals surface area (Å²) in [5.41, 5.74) is 1.75. The first-order valence-corrected chi connectivity index (χ1v) is 8.45. The normalized spacial score (nSPS) is 11.8. The van der Waals surface area contributed by atoms with Crippen LogP contribution in [0.1, 0.15) is 31.0 Å². The maximum Gasteiger partial charge on any atom is 0.315 e. The molecular weight excluding hydrogens is 335 g/mol. The van der Waals surface area contributed by atoms with Crippen molar-refractivity contribution >= 4 is 6.03 Å². The number of benzene rings is 2. The van der Waals surface area contributed by atoms with Gasteiger partial charge in [-0.2, -0.15) is 0 Å². The summed E-state index contributed by atoms with van der Waals surface area (Å²) in [4.78, 5) is 12.3. The van der Waals surface area contributed by atoms with Crippen molar-refractivity contribution in [3.05, 3.63) is 59.4 Å². The van der Waals surface area contributed by atoms with Crippen molar-refractivity contribution in [2.24, 2.45) is 5.92 Å². The smallest absolute Gasteiger partial charge is 0.315 e. The summed E-state index contributed by atoms with van der Waals surface area (Å²) in [6.07, 6.45) is 0. The van der Waals surface area contributed by atoms with Gasteiger partial charge < -0.3 is 20.1 Å². The minimum atomic E-state index is -0.297. The average molecular weight is 360 g/mol. The Morgan fingerprint density at radius 1 is 1.04 bits per heavy atom. The van der Waals surface area contributed by atoms with Crippen LogP contribution in [0.4, 0.5) is 9.18 Å². The summed E-state index contributed by atoms with van der Waals surface area (Å²) in [6, 6.07) is 11.2. The number of halogens is 1. The number of nitrogens with one attached hydrogen (secondary N) is 2. The number of ether oxygens (including phenoxy) is 2. The first kappa shape index (κ1) is 19.6. The molecule has 0 heterocycles. The molecule has 140 valence electrons. The molecule has 1 unspecified atom stereocenters. The summed E-state index contributed by atoms with van der Waals surface area (Å²) >= 11 is 0. The number of methoxy groups -OCH3 is 2. The Balaban J connectivity index is 1.99. The SMILES string of the molecule is COc1ccc(CNC(=O)NC(c2ccc(F)cc2)C(C)C)cc1OC. The molecule has 0 aliphatic heterocycles. The van der Waals surface area contributed by atoms with Crippen LogP contribution < -0.4 is 20.1 Å². The standard InChI is InChI=1S/C20H25FN2O3/c1-13(2)19(15-6-8-16(21)9-7-15)23-20(24)22-12-14-5-10-17(25-3)18(11-14)26-4/h5-11,13,19H,12H2,1-4H3,(H2,22,23,24). The molecule has 6 heteroatoms. The van der Waals surface area contributed by atoms with Crippen LogP contribution in [0.15, 0.2) is 42.5 Å². The van der Waals surface area contributed by atoms with Crippen molar-refractivity contribution in [3.8, 4) is 11.5 Å². The second kappa shape index (κ2) is 9.08. The quantitative estimate of drug-likeness (QED) is 0.783. The number of urea groups is 1. The second-order valence-electron chi connectivity index (χ2n) is 6.29. The Morgan fingerprint density at radius 2 is 1.69 bits per heavy atom. The average Bonchev–Trinajstić information content (AvgIpc) is 2.64. The van der Waals surface area contributed by atoms with Crippen LogP contribution in [0.2, 0.25) is 0 Å². The number of hydrogen-bond acceptors (Lipinski definition) is 3. The molecule has 26 heavy (non-hydrogen) atoms. The Labute approximate surface area is 153 Å². The van der Waals surface area contributed by atoms with Gasteiger partial charge in [-0.15, -0.1) is 0 Å². The van der Waals surface area contributed by atoms with Crippen molar-refractivity contribution in [2.45, 2.75) is 26.4 Å². The Bertz CT molecular complexity index is 732. The zero-order chi connectivity index (χ0) is 19.1. The molecule has 2 N–H and O–H groups in total. The predicted octanol–water partition coefficient (Wildman–Crippen LogP) is 4.04. The van der Waals surface area contributed by atoms with Gasteiger partial charge in [0.15, 0.2) is 11.5 Å². The summed E-state index contributed by atoms with van der Waals surface area (Å²) in [5, 5.41) is 5.78. The van der Waals surface area contributed by atoms with Gasteiger partial charge in [0, 0.05) is 6.54 Å². The molecule has 0 radical (unpaired) electrons. The number of carbonyl (C=O) groups excluding carboxylic acids is 1. The van der Waals surface area contributed by atoms with Gasteiger partial charge in [0.05, 0.1) is 20.3 Å². The van der Waals surface area contributed by atoms with Gasteiger partial charge in [-0.1, -0.05) is 32.0 Å². The highest BCUT2D eigenvalue weighted by Gasteiger charge is 2.18. The van der Waals surface area contributed by atoms with Crippen LogP contribution in [-0.4, -0.2) is 20.3 Å². The molecule has 0 fully saturated rings. The van der Waals surface area contributed by atoms with Gasteiger partial charge >= 0.3 is 6.03 Å². The fourth-order valence-electron chi connectivity index (χ4n) is 2.67. The summed E-state index contributed by atoms with van der Waals surface area (Å²) in [6.45, 7) is 4.35. The van der Waals surface area contributed by atoms with Gasteiger partial charge in [0.2, 0.25) is 0 Å². The minimum Gasteiger partial charge on any atom is -0.493 e. The van der Waals surface area contributed by atoms with Crippen molar-refractivity contribution < 1.29 is 18.7 Å². The highest BCUT2D eigenvalue weighted by atomic mass is 19.1. The largest absolute Gasteiger partial charge is 0.493 e. The van der Waals surface area contributed by atoms with E-state index in [1.54, 1.807) is 32.4 Å². The monoisotopic (exact) mass is 360 g/mol. The van der Waals surface area contributed by atoms with E-state index in [4.69, 9.17) is 9.47 Å². The van der Waals surface area contributed by atoms with Gasteiger partial charge in [0.1, 0.15) is 5.82 Å². The van der Waals surface area contributed by atoms with E-state index in [1.165, 1.54) is 12.1 Å². The molecule has 2 rings (SSSR count). The van der Waals surface area contributed by atoms with E-state index < -0.39 is 0 Å². The lowest BCUT2D eigenvalue weighted by molar-refractivity contribution is 0.232. The zero-order valence-electron chi connectivity index (χ0n) is 15.5. The molecule has 0 saturated carbocycles. The van der Waals surface area contributed by atoms with Crippen LogP contribution in [0.25, 0.3) is 0 Å². The third kappa shape index (κ3) is 5.12. The van der Waals surface area contributed by atoms with Crippen molar-refractivity contribution in [3.63, 3.8) is 0 Å². The lowest BCUT2D eigenvalue weighted by Crippen LogP contribution is -2.39. The molecule has 0 aliphatic carbocycles. The Hall–Kier alpha value is -2.76. The molecule has 5 nitrogen and oxygen atoms in total. The summed E-state index contributed by atoms with van der Waals surface area (Å²) in [7, 11) is 3.14. The Kier molecular flexibility index (Phi) is 6.83.